The topological polar surface area (TPSA) is 104 Å². The molecule has 7 nitrogen and oxygen atoms in total. The van der Waals surface area contributed by atoms with Crippen molar-refractivity contribution in [2.75, 3.05) is 11.9 Å². The van der Waals surface area contributed by atoms with Gasteiger partial charge in [-0.15, -0.1) is 0 Å². The van der Waals surface area contributed by atoms with E-state index >= 15 is 0 Å². The summed E-state index contributed by atoms with van der Waals surface area (Å²) in [6, 6.07) is -0.441. The molecule has 1 fully saturated rings. The Morgan fingerprint density at radius 2 is 1.95 bits per heavy atom. The van der Waals surface area contributed by atoms with Crippen molar-refractivity contribution in [3.8, 4) is 0 Å². The zero-order chi connectivity index (χ0) is 15.3. The minimum atomic E-state index is -0.850. The number of anilines is 1. The molecule has 114 valence electrons. The van der Waals surface area contributed by atoms with Crippen molar-refractivity contribution in [2.45, 2.75) is 32.6 Å². The first kappa shape index (κ1) is 15.2. The fourth-order valence-corrected chi connectivity index (χ4v) is 2.57. The quantitative estimate of drug-likeness (QED) is 0.786. The zero-order valence-corrected chi connectivity index (χ0v) is 12.0. The summed E-state index contributed by atoms with van der Waals surface area (Å²) in [5, 5.41) is 14.7. The number of carbonyl (C=O) groups is 2. The third-order valence-electron chi connectivity index (χ3n) is 4.09. The molecule has 0 saturated heterocycles. The van der Waals surface area contributed by atoms with Gasteiger partial charge in [-0.2, -0.15) is 0 Å². The smallest absolute Gasteiger partial charge is 0.319 e. The highest BCUT2D eigenvalue weighted by Crippen LogP contribution is 2.38. The Hall–Kier alpha value is -2.18. The highest BCUT2D eigenvalue weighted by molar-refractivity contribution is 5.89. The molecule has 1 aromatic rings. The van der Waals surface area contributed by atoms with E-state index in [0.717, 1.165) is 12.8 Å². The first-order valence-corrected chi connectivity index (χ1v) is 7.05. The lowest BCUT2D eigenvalue weighted by atomic mass is 9.71. The fraction of sp³-hybridized carbons (Fsp3) is 0.571. The summed E-state index contributed by atoms with van der Waals surface area (Å²) in [6.45, 7) is 2.26. The number of carboxylic acid groups (broad SMARTS) is 1. The number of amides is 2. The maximum Gasteiger partial charge on any atom is 0.319 e. The number of aromatic nitrogens is 2. The summed E-state index contributed by atoms with van der Waals surface area (Å²) in [5.41, 5.74) is -0.381. The second-order valence-corrected chi connectivity index (χ2v) is 5.70. The molecular weight excluding hydrogens is 272 g/mol. The van der Waals surface area contributed by atoms with Gasteiger partial charge in [0, 0.05) is 6.54 Å². The van der Waals surface area contributed by atoms with E-state index in [9.17, 15) is 14.7 Å². The number of hydrogen-bond acceptors (Lipinski definition) is 4. The standard InChI is InChI=1S/C14H20N4O3/c1-10-2-4-14(5-3-10,12(19)20)8-17-13(21)18-11-6-15-9-16-7-11/h6-7,9-10H,2-5,8H2,1H3,(H,19,20)(H2,17,18,21). The Morgan fingerprint density at radius 3 is 2.52 bits per heavy atom. The van der Waals surface area contributed by atoms with Gasteiger partial charge in [0.2, 0.25) is 0 Å². The van der Waals surface area contributed by atoms with E-state index in [1.54, 1.807) is 0 Å². The molecule has 1 saturated carbocycles. The molecular formula is C14H20N4O3. The van der Waals surface area contributed by atoms with Crippen LogP contribution in [-0.4, -0.2) is 33.6 Å². The van der Waals surface area contributed by atoms with Crippen LogP contribution in [0, 0.1) is 11.3 Å². The highest BCUT2D eigenvalue weighted by atomic mass is 16.4. The molecule has 2 amide bonds. The van der Waals surface area contributed by atoms with Crippen LogP contribution >= 0.6 is 0 Å². The number of carbonyl (C=O) groups excluding carboxylic acids is 1. The highest BCUT2D eigenvalue weighted by Gasteiger charge is 2.41. The Kier molecular flexibility index (Phi) is 4.72. The largest absolute Gasteiger partial charge is 0.481 e. The molecule has 21 heavy (non-hydrogen) atoms. The minimum absolute atomic E-state index is 0.134. The van der Waals surface area contributed by atoms with Crippen molar-refractivity contribution in [3.63, 3.8) is 0 Å². The van der Waals surface area contributed by atoms with Gasteiger partial charge in [-0.1, -0.05) is 6.92 Å². The number of nitrogens with zero attached hydrogens (tertiary/aromatic N) is 2. The molecule has 0 aliphatic heterocycles. The summed E-state index contributed by atoms with van der Waals surface area (Å²) in [4.78, 5) is 31.0. The number of urea groups is 1. The molecule has 1 aliphatic rings. The fourth-order valence-electron chi connectivity index (χ4n) is 2.57. The first-order chi connectivity index (χ1) is 10.0. The molecule has 0 aromatic carbocycles. The summed E-state index contributed by atoms with van der Waals surface area (Å²) in [5.74, 6) is -0.287. The van der Waals surface area contributed by atoms with Gasteiger partial charge < -0.3 is 15.7 Å². The van der Waals surface area contributed by atoms with Gasteiger partial charge in [-0.05, 0) is 31.6 Å². The summed E-state index contributed by atoms with van der Waals surface area (Å²) >= 11 is 0. The van der Waals surface area contributed by atoms with E-state index in [2.05, 4.69) is 27.5 Å². The zero-order valence-electron chi connectivity index (χ0n) is 12.0. The van der Waals surface area contributed by atoms with Crippen molar-refractivity contribution in [1.82, 2.24) is 15.3 Å². The lowest BCUT2D eigenvalue weighted by molar-refractivity contribution is -0.151. The average molecular weight is 292 g/mol. The Bertz CT molecular complexity index is 498. The molecule has 0 bridgehead atoms. The normalized spacial score (nSPS) is 25.1. The van der Waals surface area contributed by atoms with Crippen LogP contribution in [0.2, 0.25) is 0 Å². The van der Waals surface area contributed by atoms with Crippen LogP contribution in [0.15, 0.2) is 18.7 Å². The molecule has 1 heterocycles. The van der Waals surface area contributed by atoms with Gasteiger partial charge in [0.1, 0.15) is 6.33 Å². The van der Waals surface area contributed by atoms with Crippen LogP contribution in [0.25, 0.3) is 0 Å². The van der Waals surface area contributed by atoms with Crippen molar-refractivity contribution in [2.24, 2.45) is 11.3 Å². The molecule has 7 heteroatoms. The maximum atomic E-state index is 11.8. The summed E-state index contributed by atoms with van der Waals surface area (Å²) in [7, 11) is 0. The van der Waals surface area contributed by atoms with Gasteiger partial charge >= 0.3 is 12.0 Å². The molecule has 0 radical (unpaired) electrons. The Morgan fingerprint density at radius 1 is 1.33 bits per heavy atom. The van der Waals surface area contributed by atoms with Gasteiger partial charge in [0.25, 0.3) is 0 Å². The molecule has 1 aromatic heterocycles. The third-order valence-corrected chi connectivity index (χ3v) is 4.09. The number of nitrogens with one attached hydrogen (secondary N) is 2. The van der Waals surface area contributed by atoms with Crippen molar-refractivity contribution >= 4 is 17.7 Å². The van der Waals surface area contributed by atoms with E-state index in [1.165, 1.54) is 18.7 Å². The van der Waals surface area contributed by atoms with Crippen molar-refractivity contribution in [1.29, 1.82) is 0 Å². The average Bonchev–Trinajstić information content (AvgIpc) is 2.48. The number of hydrogen-bond donors (Lipinski definition) is 3. The van der Waals surface area contributed by atoms with Crippen LogP contribution in [0.3, 0.4) is 0 Å². The lowest BCUT2D eigenvalue weighted by Crippen LogP contribution is -2.46. The summed E-state index contributed by atoms with van der Waals surface area (Å²) < 4.78 is 0. The van der Waals surface area contributed by atoms with E-state index in [-0.39, 0.29) is 6.54 Å². The molecule has 0 spiro atoms. The SMILES string of the molecule is CC1CCC(CNC(=O)Nc2cncnc2)(C(=O)O)CC1. The Balaban J connectivity index is 1.90. The second-order valence-electron chi connectivity index (χ2n) is 5.70. The van der Waals surface area contributed by atoms with Crippen LogP contribution in [0.1, 0.15) is 32.6 Å². The van der Waals surface area contributed by atoms with Crippen LogP contribution in [-0.2, 0) is 4.79 Å². The number of rotatable bonds is 4. The maximum absolute atomic E-state index is 11.8. The predicted octanol–water partition coefficient (Wildman–Crippen LogP) is 1.88. The molecule has 0 unspecified atom stereocenters. The van der Waals surface area contributed by atoms with Gasteiger partial charge in [-0.3, -0.25) is 4.79 Å². The van der Waals surface area contributed by atoms with Gasteiger partial charge in [-0.25, -0.2) is 14.8 Å². The first-order valence-electron chi connectivity index (χ1n) is 7.05. The second kappa shape index (κ2) is 6.51. The van der Waals surface area contributed by atoms with E-state index in [1.807, 2.05) is 0 Å². The monoisotopic (exact) mass is 292 g/mol. The van der Waals surface area contributed by atoms with Crippen LogP contribution < -0.4 is 10.6 Å². The van der Waals surface area contributed by atoms with E-state index in [0.29, 0.717) is 24.4 Å². The minimum Gasteiger partial charge on any atom is -0.481 e. The molecule has 3 N–H and O–H groups in total. The third kappa shape index (κ3) is 3.90. The van der Waals surface area contributed by atoms with Gasteiger partial charge in [0.05, 0.1) is 23.5 Å². The molecule has 2 rings (SSSR count). The predicted molar refractivity (Wildman–Crippen MR) is 76.8 cm³/mol. The van der Waals surface area contributed by atoms with Crippen molar-refractivity contribution in [3.05, 3.63) is 18.7 Å². The molecule has 0 atom stereocenters. The summed E-state index contributed by atoms with van der Waals surface area (Å²) in [6.07, 6.45) is 7.26. The van der Waals surface area contributed by atoms with Crippen LogP contribution in [0.5, 0.6) is 0 Å². The number of carboxylic acids is 1. The van der Waals surface area contributed by atoms with Gasteiger partial charge in [0.15, 0.2) is 0 Å². The van der Waals surface area contributed by atoms with E-state index < -0.39 is 17.4 Å². The Labute approximate surface area is 123 Å². The van der Waals surface area contributed by atoms with Crippen molar-refractivity contribution < 1.29 is 14.7 Å². The molecule has 1 aliphatic carbocycles. The van der Waals surface area contributed by atoms with Crippen LogP contribution in [0.4, 0.5) is 10.5 Å². The number of aliphatic carboxylic acids is 1. The lowest BCUT2D eigenvalue weighted by Gasteiger charge is -2.35. The van der Waals surface area contributed by atoms with E-state index in [4.69, 9.17) is 0 Å².